The highest BCUT2D eigenvalue weighted by Crippen LogP contribution is 2.33. The number of aliphatic imine (C=N–C) groups is 1. The van der Waals surface area contributed by atoms with Crippen molar-refractivity contribution >= 4 is 5.96 Å². The largest absolute Gasteiger partial charge is 0.356 e. The molecular weight excluding hydrogens is 198 g/mol. The summed E-state index contributed by atoms with van der Waals surface area (Å²) in [6.07, 6.45) is 2.36. The summed E-state index contributed by atoms with van der Waals surface area (Å²) >= 11 is 0. The Bertz CT molecular complexity index is 411. The molecule has 3 rings (SSSR count). The van der Waals surface area contributed by atoms with Gasteiger partial charge in [0.1, 0.15) is 0 Å². The molecule has 1 aromatic rings. The number of hydrogen-bond donors (Lipinski definition) is 2. The van der Waals surface area contributed by atoms with Crippen LogP contribution < -0.4 is 10.6 Å². The first kappa shape index (κ1) is 9.70. The number of nitrogens with one attached hydrogen (secondary N) is 2. The number of hydrogen-bond acceptors (Lipinski definition) is 3. The number of guanidine groups is 1. The van der Waals surface area contributed by atoms with E-state index in [0.29, 0.717) is 5.92 Å². The maximum atomic E-state index is 4.41. The number of fused-ring (bicyclic) bond motifs is 1. The summed E-state index contributed by atoms with van der Waals surface area (Å²) in [5.41, 5.74) is 3.01. The maximum absolute atomic E-state index is 4.41. The molecule has 1 aromatic carbocycles. The van der Waals surface area contributed by atoms with Crippen LogP contribution in [0.25, 0.3) is 0 Å². The van der Waals surface area contributed by atoms with Crippen LogP contribution in [-0.2, 0) is 6.42 Å². The molecule has 1 aliphatic heterocycles. The van der Waals surface area contributed by atoms with Crippen molar-refractivity contribution in [2.24, 2.45) is 4.99 Å². The van der Waals surface area contributed by atoms with E-state index >= 15 is 0 Å². The lowest BCUT2D eigenvalue weighted by molar-refractivity contribution is 0.578. The van der Waals surface area contributed by atoms with Crippen LogP contribution in [0.2, 0.25) is 0 Å². The molecule has 0 spiro atoms. The molecule has 0 aromatic heterocycles. The van der Waals surface area contributed by atoms with Gasteiger partial charge in [0, 0.05) is 25.6 Å². The molecule has 1 atom stereocenters. The lowest BCUT2D eigenvalue weighted by Gasteiger charge is -2.31. The van der Waals surface area contributed by atoms with Crippen molar-refractivity contribution in [2.45, 2.75) is 18.8 Å². The maximum Gasteiger partial charge on any atom is 0.191 e. The molecule has 2 aliphatic rings. The van der Waals surface area contributed by atoms with Crippen LogP contribution in [0.15, 0.2) is 29.3 Å². The molecule has 1 aliphatic carbocycles. The predicted molar refractivity (Wildman–Crippen MR) is 65.8 cm³/mol. The summed E-state index contributed by atoms with van der Waals surface area (Å²) in [7, 11) is 0. The molecule has 3 heteroatoms. The van der Waals surface area contributed by atoms with E-state index < -0.39 is 0 Å². The Hall–Kier alpha value is -1.51. The zero-order valence-electron chi connectivity index (χ0n) is 9.37. The molecule has 0 amide bonds. The Morgan fingerprint density at radius 3 is 3.12 bits per heavy atom. The van der Waals surface area contributed by atoms with Crippen LogP contribution >= 0.6 is 0 Å². The minimum Gasteiger partial charge on any atom is -0.356 e. The van der Waals surface area contributed by atoms with E-state index in [2.05, 4.69) is 39.9 Å². The van der Waals surface area contributed by atoms with Gasteiger partial charge < -0.3 is 10.6 Å². The van der Waals surface area contributed by atoms with Crippen LogP contribution in [0, 0.1) is 0 Å². The SMILES string of the molecule is c1ccc2c(c1)CC2CNC1=NCCCN1. The van der Waals surface area contributed by atoms with E-state index in [1.807, 2.05) is 0 Å². The average Bonchev–Trinajstić information content (AvgIpc) is 2.32. The number of nitrogens with zero attached hydrogens (tertiary/aromatic N) is 1. The summed E-state index contributed by atoms with van der Waals surface area (Å²) in [5.74, 6) is 1.65. The highest BCUT2D eigenvalue weighted by molar-refractivity contribution is 5.80. The van der Waals surface area contributed by atoms with Crippen LogP contribution in [0.4, 0.5) is 0 Å². The van der Waals surface area contributed by atoms with Gasteiger partial charge in [0.25, 0.3) is 0 Å². The van der Waals surface area contributed by atoms with Crippen LogP contribution in [0.5, 0.6) is 0 Å². The first-order valence-corrected chi connectivity index (χ1v) is 6.03. The molecule has 0 saturated heterocycles. The van der Waals surface area contributed by atoms with Crippen molar-refractivity contribution in [1.29, 1.82) is 0 Å². The van der Waals surface area contributed by atoms with Crippen LogP contribution in [0.1, 0.15) is 23.5 Å². The zero-order chi connectivity index (χ0) is 10.8. The van der Waals surface area contributed by atoms with Crippen molar-refractivity contribution in [2.75, 3.05) is 19.6 Å². The Balaban J connectivity index is 1.56. The highest BCUT2D eigenvalue weighted by atomic mass is 15.2. The molecule has 1 heterocycles. The van der Waals surface area contributed by atoms with Crippen LogP contribution in [-0.4, -0.2) is 25.6 Å². The Morgan fingerprint density at radius 1 is 1.38 bits per heavy atom. The van der Waals surface area contributed by atoms with Gasteiger partial charge in [-0.25, -0.2) is 0 Å². The van der Waals surface area contributed by atoms with Gasteiger partial charge in [0.05, 0.1) is 0 Å². The van der Waals surface area contributed by atoms with Gasteiger partial charge in [0.2, 0.25) is 0 Å². The van der Waals surface area contributed by atoms with Crippen molar-refractivity contribution in [3.05, 3.63) is 35.4 Å². The van der Waals surface area contributed by atoms with E-state index in [9.17, 15) is 0 Å². The van der Waals surface area contributed by atoms with Crippen molar-refractivity contribution in [3.63, 3.8) is 0 Å². The Kier molecular flexibility index (Phi) is 2.52. The molecule has 0 saturated carbocycles. The van der Waals surface area contributed by atoms with Crippen molar-refractivity contribution in [3.8, 4) is 0 Å². The Labute approximate surface area is 96.0 Å². The van der Waals surface area contributed by atoms with E-state index in [1.165, 1.54) is 17.5 Å². The quantitative estimate of drug-likeness (QED) is 0.779. The third-order valence-electron chi connectivity index (χ3n) is 3.37. The third kappa shape index (κ3) is 1.77. The lowest BCUT2D eigenvalue weighted by atomic mass is 9.78. The van der Waals surface area contributed by atoms with E-state index in [-0.39, 0.29) is 0 Å². The Morgan fingerprint density at radius 2 is 2.31 bits per heavy atom. The molecule has 3 nitrogen and oxygen atoms in total. The predicted octanol–water partition coefficient (Wildman–Crippen LogP) is 1.27. The molecule has 2 N–H and O–H groups in total. The fraction of sp³-hybridized carbons (Fsp3) is 0.462. The molecule has 0 bridgehead atoms. The fourth-order valence-corrected chi connectivity index (χ4v) is 2.42. The first-order chi connectivity index (χ1) is 7.93. The standard InChI is InChI=1S/C13H17N3/c1-2-5-12-10(4-1)8-11(12)9-16-13-14-6-3-7-15-13/h1-2,4-5,11H,3,6-9H2,(H2,14,15,16). The second kappa shape index (κ2) is 4.16. The van der Waals surface area contributed by atoms with Gasteiger partial charge in [-0.15, -0.1) is 0 Å². The van der Waals surface area contributed by atoms with Crippen LogP contribution in [0.3, 0.4) is 0 Å². The summed E-state index contributed by atoms with van der Waals surface area (Å²) in [6, 6.07) is 8.71. The van der Waals surface area contributed by atoms with E-state index in [0.717, 1.165) is 32.0 Å². The van der Waals surface area contributed by atoms with Gasteiger partial charge in [-0.1, -0.05) is 24.3 Å². The van der Waals surface area contributed by atoms with E-state index in [4.69, 9.17) is 0 Å². The van der Waals surface area contributed by atoms with E-state index in [1.54, 1.807) is 0 Å². The van der Waals surface area contributed by atoms with Gasteiger partial charge in [-0.2, -0.15) is 0 Å². The van der Waals surface area contributed by atoms with Gasteiger partial charge in [-0.05, 0) is 24.0 Å². The molecule has 1 unspecified atom stereocenters. The first-order valence-electron chi connectivity index (χ1n) is 6.03. The third-order valence-corrected chi connectivity index (χ3v) is 3.37. The average molecular weight is 215 g/mol. The number of benzene rings is 1. The smallest absolute Gasteiger partial charge is 0.191 e. The lowest BCUT2D eigenvalue weighted by Crippen LogP contribution is -2.43. The highest BCUT2D eigenvalue weighted by Gasteiger charge is 2.25. The second-order valence-corrected chi connectivity index (χ2v) is 4.49. The molecule has 0 radical (unpaired) electrons. The monoisotopic (exact) mass is 215 g/mol. The van der Waals surface area contributed by atoms with Crippen molar-refractivity contribution in [1.82, 2.24) is 10.6 Å². The van der Waals surface area contributed by atoms with Gasteiger partial charge in [-0.3, -0.25) is 4.99 Å². The minimum atomic E-state index is 0.669. The molecule has 0 fully saturated rings. The molecule has 16 heavy (non-hydrogen) atoms. The molecule has 84 valence electrons. The normalized spacial score (nSPS) is 22.5. The second-order valence-electron chi connectivity index (χ2n) is 4.49. The van der Waals surface area contributed by atoms with Gasteiger partial charge >= 0.3 is 0 Å². The molecular formula is C13H17N3. The fourth-order valence-electron chi connectivity index (χ4n) is 2.42. The minimum absolute atomic E-state index is 0.669. The van der Waals surface area contributed by atoms with Gasteiger partial charge in [0.15, 0.2) is 5.96 Å². The topological polar surface area (TPSA) is 36.4 Å². The summed E-state index contributed by atoms with van der Waals surface area (Å²) in [4.78, 5) is 4.41. The van der Waals surface area contributed by atoms with Crippen molar-refractivity contribution < 1.29 is 0 Å². The summed E-state index contributed by atoms with van der Waals surface area (Å²) in [5, 5.41) is 6.69. The summed E-state index contributed by atoms with van der Waals surface area (Å²) < 4.78 is 0. The summed E-state index contributed by atoms with van der Waals surface area (Å²) in [6.45, 7) is 3.01. The number of rotatable bonds is 2. The zero-order valence-corrected chi connectivity index (χ0v) is 9.37.